The maximum Gasteiger partial charge on any atom is 0.273 e. The van der Waals surface area contributed by atoms with E-state index in [0.717, 1.165) is 191 Å². The van der Waals surface area contributed by atoms with Gasteiger partial charge in [-0.15, -0.1) is 20.4 Å². The van der Waals surface area contributed by atoms with Crippen LogP contribution in [0.15, 0.2) is 160 Å². The zero-order chi connectivity index (χ0) is 102. The summed E-state index contributed by atoms with van der Waals surface area (Å²) in [4.78, 5) is 141. The Kier molecular flexibility index (Phi) is 36.0. The van der Waals surface area contributed by atoms with E-state index in [0.29, 0.717) is 60.1 Å². The van der Waals surface area contributed by atoms with Crippen LogP contribution < -0.4 is 85.1 Å². The van der Waals surface area contributed by atoms with E-state index in [1.807, 2.05) is 86.0 Å². The van der Waals surface area contributed by atoms with Crippen molar-refractivity contribution in [3.63, 3.8) is 0 Å². The molecule has 142 heavy (non-hydrogen) atoms. The standard InChI is InChI=1S/C27H37N7O2.C26H36N8O2.C26H35N7O2.C25H34N8O2/c1-5-23(35)31-21-7-6-14-34(18(21)2)22-17-29-24(25(28)36)26(32-22)30-20-10-8-19(9-11-20)27(3)12-15-33(4)16-13-27;1-5-21(35)29-20-7-6-14-34(17(20)2)25-30-24(22(23(27)36)31-32-25)28-19-10-8-18(9-11-19)26(3)12-15-33(4)16-13-26;1-4-23(34)30-21-6-5-13-33(17(21)2)22-16-28-24(25(27)35)26(31-22)29-20-9-7-18(8-10-20)19-11-14-32(3)15-12-19;1-4-21(34)28-20-6-5-13-33(16(20)2)25-29-24(22(23(26)35)30-31-25)27-19-9-7-17(8-10-19)18-11-14-32(3)15-12-18/h5,8-11,17-18,21H,1,6-7,12-16H2,2-4H3,(H2,28,36)(H,30,32)(H,31,35);5,8-11,17,20H,1,6-7,12-16H2,2-4H3,(H2,27,36)(H,29,35)(H,28,30,32);4,7-10,16-17,19,21H,1,5-6,11-15H2,2-3H3,(H2,27,35)(H,29,31)(H,30,34);4,7-10,16,18,20H,1,5-6,11-15H2,2-3H3,(H2,26,35)(H,28,34)(H,27,29,31)/t18-,21-;17-,20-;17-,21-;16-,20-/m1111/s1. The SMILES string of the molecule is C=CC(=O)N[C@@H]1CCCN(c2cnc(C(N)=O)c(Nc3ccc(C4(C)CCN(C)CC4)cc3)n2)[C@@H]1C.C=CC(=O)N[C@@H]1CCCN(c2cnc(C(N)=O)c(Nc3ccc(C4CCN(C)CC4)cc3)n2)[C@@H]1C.C=CC(=O)N[C@@H]1CCCN(c2nnc(C(N)=O)c(Nc3ccc(C4(C)CCN(C)CC4)cc3)n2)[C@@H]1C.C=CC(=O)N[C@@H]1CCCN(c2nnc(C(N)=O)c(Nc3ccc(C4CCN(C)CC4)cc3)n2)[C@@H]1C. The molecule has 8 aliphatic heterocycles. The molecule has 0 aliphatic carbocycles. The molecule has 4 aromatic carbocycles. The molecule has 38 heteroatoms. The number of piperidine rings is 8. The Hall–Kier alpha value is -14.0. The number of likely N-dealkylation sites (tertiary alicyclic amines) is 4. The predicted octanol–water partition coefficient (Wildman–Crippen LogP) is 10.3. The lowest BCUT2D eigenvalue weighted by atomic mass is 9.74. The molecule has 0 saturated carbocycles. The number of aromatic nitrogens is 10. The Labute approximate surface area is 832 Å². The molecule has 38 nitrogen and oxygen atoms in total. The van der Waals surface area contributed by atoms with Crippen molar-refractivity contribution in [3.8, 4) is 0 Å². The number of carbonyl (C=O) groups is 8. The number of benzene rings is 4. The number of primary amides is 4. The van der Waals surface area contributed by atoms with E-state index in [1.54, 1.807) is 12.4 Å². The number of nitrogens with zero attached hydrogens (tertiary/aromatic N) is 18. The molecule has 16 N–H and O–H groups in total. The highest BCUT2D eigenvalue weighted by molar-refractivity contribution is 5.99. The summed E-state index contributed by atoms with van der Waals surface area (Å²) in [6, 6.07) is 32.8. The van der Waals surface area contributed by atoms with Crippen LogP contribution in [0.4, 0.5) is 69.6 Å². The summed E-state index contributed by atoms with van der Waals surface area (Å²) in [7, 11) is 8.65. The Morgan fingerprint density at radius 3 is 0.859 bits per heavy atom. The summed E-state index contributed by atoms with van der Waals surface area (Å²) in [6.45, 7) is 38.7. The van der Waals surface area contributed by atoms with Crippen molar-refractivity contribution in [2.75, 3.05) is 148 Å². The van der Waals surface area contributed by atoms with E-state index in [-0.39, 0.29) is 117 Å². The van der Waals surface area contributed by atoms with Crippen molar-refractivity contribution in [2.24, 2.45) is 22.9 Å². The minimum absolute atomic E-state index is 0.00112. The maximum atomic E-state index is 12.1. The molecule has 0 unspecified atom stereocenters. The quantitative estimate of drug-likeness (QED) is 0.0203. The Morgan fingerprint density at radius 2 is 0.585 bits per heavy atom. The first kappa shape index (κ1) is 105. The highest BCUT2D eigenvalue weighted by Gasteiger charge is 2.39. The topological polar surface area (TPSA) is 492 Å². The lowest BCUT2D eigenvalue weighted by molar-refractivity contribution is -0.118. The number of amides is 8. The van der Waals surface area contributed by atoms with E-state index in [1.165, 1.54) is 46.6 Å². The molecule has 8 fully saturated rings. The number of hydrogen-bond acceptors (Lipinski definition) is 30. The van der Waals surface area contributed by atoms with Crippen molar-refractivity contribution in [2.45, 2.75) is 215 Å². The van der Waals surface area contributed by atoms with E-state index in [9.17, 15) is 38.4 Å². The average molecular weight is 1940 g/mol. The van der Waals surface area contributed by atoms with Crippen LogP contribution in [-0.4, -0.2) is 272 Å². The first-order chi connectivity index (χ1) is 68.1. The van der Waals surface area contributed by atoms with Gasteiger partial charge in [0.2, 0.25) is 35.5 Å². The summed E-state index contributed by atoms with van der Waals surface area (Å²) in [5.41, 5.74) is 31.2. The van der Waals surface area contributed by atoms with E-state index in [2.05, 4.69) is 229 Å². The first-order valence-electron chi connectivity index (χ1n) is 49.6. The van der Waals surface area contributed by atoms with Crippen LogP contribution in [-0.2, 0) is 30.0 Å². The highest BCUT2D eigenvalue weighted by Crippen LogP contribution is 2.40. The van der Waals surface area contributed by atoms with Gasteiger partial charge in [0.05, 0.1) is 12.4 Å². The normalized spacial score (nSPS) is 21.7. The average Bonchev–Trinajstić information content (AvgIpc) is 0.863. The van der Waals surface area contributed by atoms with Crippen molar-refractivity contribution < 1.29 is 38.4 Å². The fraction of sp³-hybridized carbons (Fsp3) is 0.481. The van der Waals surface area contributed by atoms with Gasteiger partial charge in [0.25, 0.3) is 23.6 Å². The predicted molar refractivity (Wildman–Crippen MR) is 556 cm³/mol. The Balaban J connectivity index is 0.000000159. The van der Waals surface area contributed by atoms with Gasteiger partial charge in [-0.2, -0.15) is 9.97 Å². The van der Waals surface area contributed by atoms with E-state index >= 15 is 0 Å². The van der Waals surface area contributed by atoms with Gasteiger partial charge in [0.15, 0.2) is 46.0 Å². The van der Waals surface area contributed by atoms with Crippen LogP contribution in [0, 0.1) is 0 Å². The maximum absolute atomic E-state index is 12.1. The molecule has 8 atom stereocenters. The number of nitrogens with one attached hydrogen (secondary N) is 8. The molecule has 8 aromatic rings. The van der Waals surface area contributed by atoms with Crippen LogP contribution in [0.3, 0.4) is 0 Å². The van der Waals surface area contributed by atoms with Crippen molar-refractivity contribution in [3.05, 3.63) is 205 Å². The largest absolute Gasteiger partial charge is 0.364 e. The molecule has 4 aromatic heterocycles. The third kappa shape index (κ3) is 27.0. The number of carbonyl (C=O) groups excluding carboxylic acids is 8. The first-order valence-corrected chi connectivity index (χ1v) is 49.6. The molecular formula is C104H142N30O8. The van der Waals surface area contributed by atoms with Gasteiger partial charge >= 0.3 is 0 Å². The molecule has 756 valence electrons. The van der Waals surface area contributed by atoms with Gasteiger partial charge in [-0.05, 0) is 329 Å². The monoisotopic (exact) mass is 1940 g/mol. The highest BCUT2D eigenvalue weighted by atomic mass is 16.2. The summed E-state index contributed by atoms with van der Waals surface area (Å²) in [5.74, 6) is 0.816. The second kappa shape index (κ2) is 48.5. The molecule has 12 heterocycles. The number of hydrogen-bond donors (Lipinski definition) is 12. The Bertz CT molecular complexity index is 5390. The zero-order valence-electron chi connectivity index (χ0n) is 83.7. The summed E-state index contributed by atoms with van der Waals surface area (Å²) < 4.78 is 0. The molecule has 16 rings (SSSR count). The van der Waals surface area contributed by atoms with E-state index in [4.69, 9.17) is 32.9 Å². The number of nitrogens with two attached hydrogens (primary N) is 4. The van der Waals surface area contributed by atoms with Gasteiger partial charge in [0, 0.05) is 97.3 Å². The van der Waals surface area contributed by atoms with Crippen LogP contribution in [0.1, 0.15) is 220 Å². The number of anilines is 12. The zero-order valence-corrected chi connectivity index (χ0v) is 83.7. The van der Waals surface area contributed by atoms with Gasteiger partial charge in [-0.25, -0.2) is 19.9 Å². The fourth-order valence-electron chi connectivity index (χ4n) is 20.1. The second-order valence-electron chi connectivity index (χ2n) is 39.3. The minimum Gasteiger partial charge on any atom is -0.364 e. The second-order valence-corrected chi connectivity index (χ2v) is 39.3. The van der Waals surface area contributed by atoms with Crippen molar-refractivity contribution >= 4 is 117 Å². The number of rotatable bonds is 28. The van der Waals surface area contributed by atoms with E-state index < -0.39 is 23.6 Å². The lowest BCUT2D eigenvalue weighted by Crippen LogP contribution is -2.54. The molecule has 0 radical (unpaired) electrons. The minimum atomic E-state index is -0.706. The third-order valence-corrected chi connectivity index (χ3v) is 29.5. The Morgan fingerprint density at radius 1 is 0.331 bits per heavy atom. The third-order valence-electron chi connectivity index (χ3n) is 29.5. The van der Waals surface area contributed by atoms with Crippen LogP contribution in [0.5, 0.6) is 0 Å². The molecular weight excluding hydrogens is 1800 g/mol. The lowest BCUT2D eigenvalue weighted by Gasteiger charge is -2.40. The molecule has 8 amide bonds. The molecule has 0 spiro atoms. The summed E-state index contributed by atoms with van der Waals surface area (Å²) >= 11 is 0. The fourth-order valence-corrected chi connectivity index (χ4v) is 20.1. The van der Waals surface area contributed by atoms with Crippen molar-refractivity contribution in [1.29, 1.82) is 0 Å². The van der Waals surface area contributed by atoms with Crippen molar-refractivity contribution in [1.82, 2.24) is 91.2 Å². The van der Waals surface area contributed by atoms with Crippen LogP contribution in [0.2, 0.25) is 0 Å². The van der Waals surface area contributed by atoms with Gasteiger partial charge < -0.3 is 105 Å². The molecule has 0 bridgehead atoms. The van der Waals surface area contributed by atoms with Gasteiger partial charge in [-0.1, -0.05) is 88.7 Å². The van der Waals surface area contributed by atoms with Crippen LogP contribution >= 0.6 is 0 Å². The molecule has 8 saturated heterocycles. The summed E-state index contributed by atoms with van der Waals surface area (Å²) in [5, 5.41) is 41.4. The molecule has 8 aliphatic rings. The summed E-state index contributed by atoms with van der Waals surface area (Å²) in [6.07, 6.45) is 24.3. The van der Waals surface area contributed by atoms with Gasteiger partial charge in [0.1, 0.15) is 11.6 Å². The van der Waals surface area contributed by atoms with Gasteiger partial charge in [-0.3, -0.25) is 38.4 Å². The van der Waals surface area contributed by atoms with Crippen LogP contribution in [0.25, 0.3) is 0 Å². The smallest absolute Gasteiger partial charge is 0.273 e.